The lowest BCUT2D eigenvalue weighted by Gasteiger charge is -2.22. The van der Waals surface area contributed by atoms with E-state index in [-0.39, 0.29) is 35.3 Å². The van der Waals surface area contributed by atoms with Crippen molar-refractivity contribution in [3.8, 4) is 0 Å². The molecule has 0 atom stereocenters. The van der Waals surface area contributed by atoms with Gasteiger partial charge in [0.2, 0.25) is 11.5 Å². The van der Waals surface area contributed by atoms with Crippen molar-refractivity contribution in [3.05, 3.63) is 115 Å². The highest BCUT2D eigenvalue weighted by Crippen LogP contribution is 2.26. The molecule has 1 aliphatic heterocycles. The van der Waals surface area contributed by atoms with Crippen molar-refractivity contribution in [1.29, 1.82) is 0 Å². The fraction of sp³-hybridized carbons (Fsp3) is 0.364. The van der Waals surface area contributed by atoms with Gasteiger partial charge in [0.25, 0.3) is 11.5 Å². The predicted molar refractivity (Wildman–Crippen MR) is 172 cm³/mol. The minimum Gasteiger partial charge on any atom is -0.385 e. The summed E-state index contributed by atoms with van der Waals surface area (Å²) in [5.41, 5.74) is 1.04. The smallest absolute Gasteiger partial charge is 0.332 e. The van der Waals surface area contributed by atoms with Crippen LogP contribution in [0.2, 0.25) is 0 Å². The number of aromatic nitrogens is 5. The van der Waals surface area contributed by atoms with E-state index >= 15 is 0 Å². The van der Waals surface area contributed by atoms with E-state index in [0.29, 0.717) is 74.0 Å². The number of halogens is 1. The minimum atomic E-state index is -0.699. The molecule has 240 valence electrons. The summed E-state index contributed by atoms with van der Waals surface area (Å²) in [6.07, 6.45) is 7.19. The van der Waals surface area contributed by atoms with Crippen LogP contribution in [-0.4, -0.2) is 55.5 Å². The highest BCUT2D eigenvalue weighted by Gasteiger charge is 2.26. The number of anilines is 1. The molecule has 0 unspecified atom stereocenters. The van der Waals surface area contributed by atoms with Crippen LogP contribution < -0.4 is 21.7 Å². The molecule has 12 nitrogen and oxygen atoms in total. The molecule has 13 heteroatoms. The van der Waals surface area contributed by atoms with Crippen LogP contribution in [0.1, 0.15) is 54.1 Å². The maximum absolute atomic E-state index is 13.5. The molecule has 0 aliphatic carbocycles. The average Bonchev–Trinajstić information content (AvgIpc) is 3.51. The summed E-state index contributed by atoms with van der Waals surface area (Å²) in [6.45, 7) is 3.84. The summed E-state index contributed by atoms with van der Waals surface area (Å²) in [5.74, 6) is -0.403. The Morgan fingerprint density at radius 3 is 2.50 bits per heavy atom. The fourth-order valence-electron chi connectivity index (χ4n) is 5.41. The average molecular weight is 630 g/mol. The van der Waals surface area contributed by atoms with Crippen LogP contribution in [0.4, 0.5) is 16.0 Å². The van der Waals surface area contributed by atoms with Crippen LogP contribution in [0.25, 0.3) is 0 Å². The first-order chi connectivity index (χ1) is 22.3. The third kappa shape index (κ3) is 7.09. The Labute approximate surface area is 264 Å². The lowest BCUT2D eigenvalue weighted by molar-refractivity contribution is 0.0985. The van der Waals surface area contributed by atoms with Crippen molar-refractivity contribution in [2.45, 2.75) is 58.7 Å². The van der Waals surface area contributed by atoms with Gasteiger partial charge in [0.05, 0.1) is 16.8 Å². The van der Waals surface area contributed by atoms with Gasteiger partial charge < -0.3 is 9.30 Å². The zero-order valence-electron chi connectivity index (χ0n) is 25.9. The lowest BCUT2D eigenvalue weighted by atomic mass is 10.1. The van der Waals surface area contributed by atoms with E-state index in [0.717, 1.165) is 12.5 Å². The number of pyridine rings is 3. The number of methoxy groups -OCH3 is 1. The number of hydrogen-bond donors (Lipinski definition) is 0. The van der Waals surface area contributed by atoms with Crippen molar-refractivity contribution in [2.75, 3.05) is 25.2 Å². The summed E-state index contributed by atoms with van der Waals surface area (Å²) in [4.78, 5) is 66.7. The molecule has 0 spiro atoms. The molecule has 4 aromatic rings. The SMILES string of the molecule is CCCn1c2c(c(=O)n(CCCCOC)c1=O)CC(c1ccc(N(CCCn3ccccc3=O)C(=O)c3ccc(F)nc3)nc1)=N2. The zero-order valence-corrected chi connectivity index (χ0v) is 25.9. The first kappa shape index (κ1) is 32.4. The molecule has 1 amide bonds. The molecule has 1 aliphatic rings. The molecule has 0 N–H and O–H groups in total. The maximum Gasteiger partial charge on any atom is 0.332 e. The molecule has 0 saturated heterocycles. The molecule has 0 saturated carbocycles. The highest BCUT2D eigenvalue weighted by molar-refractivity contribution is 6.07. The fourth-order valence-corrected chi connectivity index (χ4v) is 5.41. The second-order valence-corrected chi connectivity index (χ2v) is 10.9. The van der Waals surface area contributed by atoms with Crippen LogP contribution in [0.15, 0.2) is 80.4 Å². The van der Waals surface area contributed by atoms with Crippen LogP contribution in [0.5, 0.6) is 0 Å². The molecule has 0 aromatic carbocycles. The predicted octanol–water partition coefficient (Wildman–Crippen LogP) is 3.35. The number of aryl methyl sites for hydroxylation is 1. The Morgan fingerprint density at radius 1 is 0.957 bits per heavy atom. The lowest BCUT2D eigenvalue weighted by Crippen LogP contribution is -2.41. The quantitative estimate of drug-likeness (QED) is 0.154. The highest BCUT2D eigenvalue weighted by atomic mass is 19.1. The third-order valence-corrected chi connectivity index (χ3v) is 7.76. The third-order valence-electron chi connectivity index (χ3n) is 7.76. The van der Waals surface area contributed by atoms with E-state index < -0.39 is 11.9 Å². The van der Waals surface area contributed by atoms with Crippen molar-refractivity contribution in [1.82, 2.24) is 23.7 Å². The van der Waals surface area contributed by atoms with Crippen LogP contribution >= 0.6 is 0 Å². The van der Waals surface area contributed by atoms with Gasteiger partial charge in [-0.3, -0.25) is 28.4 Å². The van der Waals surface area contributed by atoms with Crippen molar-refractivity contribution < 1.29 is 13.9 Å². The van der Waals surface area contributed by atoms with Crippen LogP contribution in [0.3, 0.4) is 0 Å². The number of aliphatic imine (C=N–C) groups is 1. The first-order valence-corrected chi connectivity index (χ1v) is 15.3. The number of amides is 1. The number of fused-ring (bicyclic) bond motifs is 1. The molecular weight excluding hydrogens is 593 g/mol. The summed E-state index contributed by atoms with van der Waals surface area (Å²) in [6, 6.07) is 10.8. The standard InChI is InChI=1S/C33H36FN7O5/c1-3-14-40-30-25(32(44)41(33(40)45)17-6-7-19-46-2)20-26(37-30)23-11-13-28(36-21-23)39(31(43)24-10-12-27(34)35-22-24)18-8-16-38-15-5-4-9-29(38)42/h4-5,9-13,15,21-22H,3,6-8,14,16-20H2,1-2H3. The summed E-state index contributed by atoms with van der Waals surface area (Å²) >= 11 is 0. The van der Waals surface area contributed by atoms with Gasteiger partial charge in [-0.05, 0) is 56.0 Å². The van der Waals surface area contributed by atoms with Crippen molar-refractivity contribution in [2.24, 2.45) is 4.99 Å². The van der Waals surface area contributed by atoms with Gasteiger partial charge in [0, 0.05) is 76.5 Å². The second kappa shape index (κ2) is 14.8. The van der Waals surface area contributed by atoms with E-state index in [1.807, 2.05) is 6.92 Å². The number of carbonyl (C=O) groups is 1. The number of ether oxygens (including phenoxy) is 1. The Hall–Kier alpha value is -5.04. The van der Waals surface area contributed by atoms with Crippen molar-refractivity contribution in [3.63, 3.8) is 0 Å². The number of rotatable bonds is 14. The number of unbranched alkanes of at least 4 members (excludes halogenated alkanes) is 1. The first-order valence-electron chi connectivity index (χ1n) is 15.3. The van der Waals surface area contributed by atoms with Gasteiger partial charge in [-0.2, -0.15) is 4.39 Å². The van der Waals surface area contributed by atoms with E-state index in [1.165, 1.54) is 27.8 Å². The number of nitrogens with zero attached hydrogens (tertiary/aromatic N) is 7. The molecular formula is C33H36FN7O5. The summed E-state index contributed by atoms with van der Waals surface area (Å²) in [7, 11) is 1.62. The topological polar surface area (TPSA) is 134 Å². The normalized spacial score (nSPS) is 12.2. The van der Waals surface area contributed by atoms with Crippen molar-refractivity contribution >= 4 is 23.3 Å². The van der Waals surface area contributed by atoms with E-state index in [1.54, 1.807) is 52.9 Å². The van der Waals surface area contributed by atoms with Gasteiger partial charge in [0.1, 0.15) is 11.6 Å². The zero-order chi connectivity index (χ0) is 32.6. The molecule has 5 heterocycles. The molecule has 5 rings (SSSR count). The number of hydrogen-bond acceptors (Lipinski definition) is 8. The Balaban J connectivity index is 1.40. The van der Waals surface area contributed by atoms with Gasteiger partial charge in [-0.25, -0.2) is 19.8 Å². The Morgan fingerprint density at radius 2 is 1.80 bits per heavy atom. The van der Waals surface area contributed by atoms with E-state index in [9.17, 15) is 23.6 Å². The van der Waals surface area contributed by atoms with E-state index in [2.05, 4.69) is 9.97 Å². The molecule has 0 bridgehead atoms. The second-order valence-electron chi connectivity index (χ2n) is 10.9. The Kier molecular flexibility index (Phi) is 10.4. The summed E-state index contributed by atoms with van der Waals surface area (Å²) < 4.78 is 23.0. The minimum absolute atomic E-state index is 0.147. The van der Waals surface area contributed by atoms with Crippen LogP contribution in [-0.2, 0) is 30.8 Å². The molecule has 46 heavy (non-hydrogen) atoms. The van der Waals surface area contributed by atoms with Gasteiger partial charge in [-0.1, -0.05) is 13.0 Å². The molecule has 4 aromatic heterocycles. The number of carbonyl (C=O) groups excluding carboxylic acids is 1. The Bertz CT molecular complexity index is 1900. The summed E-state index contributed by atoms with van der Waals surface area (Å²) in [5, 5.41) is 0. The van der Waals surface area contributed by atoms with Crippen LogP contribution in [0, 0.1) is 5.95 Å². The largest absolute Gasteiger partial charge is 0.385 e. The van der Waals surface area contributed by atoms with E-state index in [4.69, 9.17) is 9.73 Å². The van der Waals surface area contributed by atoms with Gasteiger partial charge in [-0.15, -0.1) is 0 Å². The molecule has 0 radical (unpaired) electrons. The maximum atomic E-state index is 13.5. The molecule has 0 fully saturated rings. The monoisotopic (exact) mass is 629 g/mol. The van der Waals surface area contributed by atoms with Gasteiger partial charge in [0.15, 0.2) is 0 Å². The van der Waals surface area contributed by atoms with Gasteiger partial charge >= 0.3 is 5.69 Å².